The molecule has 0 aliphatic heterocycles. The maximum Gasteiger partial charge on any atom is 0.416 e. The Labute approximate surface area is 231 Å². The van der Waals surface area contributed by atoms with Crippen LogP contribution in [0.25, 0.3) is 11.1 Å². The number of amides is 1. The Morgan fingerprint density at radius 1 is 0.927 bits per heavy atom. The van der Waals surface area contributed by atoms with Crippen LogP contribution in [0.15, 0.2) is 42.6 Å². The molecule has 0 aliphatic carbocycles. The number of aryl methyl sites for hydroxylation is 1. The van der Waals surface area contributed by atoms with Crippen LogP contribution in [-0.2, 0) is 18.9 Å². The van der Waals surface area contributed by atoms with Gasteiger partial charge in [-0.15, -0.1) is 0 Å². The van der Waals surface area contributed by atoms with Gasteiger partial charge in [0, 0.05) is 26.3 Å². The number of halogens is 7. The van der Waals surface area contributed by atoms with E-state index < -0.39 is 47.5 Å². The predicted molar refractivity (Wildman–Crippen MR) is 135 cm³/mol. The van der Waals surface area contributed by atoms with E-state index in [2.05, 4.69) is 9.97 Å². The van der Waals surface area contributed by atoms with E-state index in [0.717, 1.165) is 11.9 Å². The van der Waals surface area contributed by atoms with E-state index in [9.17, 15) is 35.5 Å². The monoisotopic (exact) mass is 588 g/mol. The van der Waals surface area contributed by atoms with Crippen molar-refractivity contribution >= 4 is 6.09 Å². The standard InChI is InChI=1S/C27H27F7N4O3/c1-16-10-20(28)6-7-21(16)22-14-35-24(40-9-5-8-37(2)3)36-23(22)41-25(39)38(4)15-17-11-18(26(29,30)31)13-19(12-17)27(32,33)34/h6-7,10-14H,5,8-9,15H2,1-4H3. The lowest BCUT2D eigenvalue weighted by Gasteiger charge is -2.20. The summed E-state index contributed by atoms with van der Waals surface area (Å²) in [6.07, 6.45) is -9.28. The summed E-state index contributed by atoms with van der Waals surface area (Å²) in [5.41, 5.74) is -2.38. The highest BCUT2D eigenvalue weighted by atomic mass is 19.4. The molecule has 0 saturated carbocycles. The maximum absolute atomic E-state index is 13.7. The molecule has 222 valence electrons. The van der Waals surface area contributed by atoms with Crippen LogP contribution in [0, 0.1) is 12.7 Å². The van der Waals surface area contributed by atoms with Crippen molar-refractivity contribution in [1.82, 2.24) is 19.8 Å². The van der Waals surface area contributed by atoms with E-state index in [0.29, 0.717) is 36.2 Å². The molecule has 0 aliphatic rings. The van der Waals surface area contributed by atoms with Gasteiger partial charge in [0.15, 0.2) is 0 Å². The molecule has 0 atom stereocenters. The minimum Gasteiger partial charge on any atom is -0.463 e. The molecule has 0 saturated heterocycles. The van der Waals surface area contributed by atoms with Gasteiger partial charge in [-0.3, -0.25) is 0 Å². The summed E-state index contributed by atoms with van der Waals surface area (Å²) in [6.45, 7) is 1.91. The number of benzene rings is 2. The average Bonchev–Trinajstić information content (AvgIpc) is 2.86. The van der Waals surface area contributed by atoms with E-state index in [4.69, 9.17) is 9.47 Å². The van der Waals surface area contributed by atoms with Crippen LogP contribution in [0.4, 0.5) is 35.5 Å². The summed E-state index contributed by atoms with van der Waals surface area (Å²) in [5.74, 6) is -0.806. The fourth-order valence-electron chi connectivity index (χ4n) is 3.77. The molecule has 0 bridgehead atoms. The van der Waals surface area contributed by atoms with Crippen LogP contribution in [0.1, 0.15) is 28.7 Å². The molecule has 3 rings (SSSR count). The Bertz CT molecular complexity index is 1350. The Balaban J connectivity index is 1.89. The maximum atomic E-state index is 13.7. The molecular formula is C27H27F7N4O3. The van der Waals surface area contributed by atoms with Gasteiger partial charge in [0.1, 0.15) is 5.82 Å². The quantitative estimate of drug-likeness (QED) is 0.208. The van der Waals surface area contributed by atoms with Crippen LogP contribution in [-0.4, -0.2) is 60.2 Å². The molecule has 0 fully saturated rings. The number of alkyl halides is 6. The second-order valence-electron chi connectivity index (χ2n) is 9.47. The Morgan fingerprint density at radius 3 is 2.12 bits per heavy atom. The van der Waals surface area contributed by atoms with Gasteiger partial charge in [-0.25, -0.2) is 14.2 Å². The van der Waals surface area contributed by atoms with Crippen molar-refractivity contribution in [3.63, 3.8) is 0 Å². The molecule has 41 heavy (non-hydrogen) atoms. The number of carbonyl (C=O) groups is 1. The first-order valence-electron chi connectivity index (χ1n) is 12.2. The highest BCUT2D eigenvalue weighted by Gasteiger charge is 2.37. The van der Waals surface area contributed by atoms with Crippen molar-refractivity contribution in [3.05, 3.63) is 70.7 Å². The molecule has 3 aromatic rings. The number of nitrogens with zero attached hydrogens (tertiary/aromatic N) is 4. The van der Waals surface area contributed by atoms with Crippen LogP contribution < -0.4 is 9.47 Å². The Morgan fingerprint density at radius 2 is 1.56 bits per heavy atom. The van der Waals surface area contributed by atoms with E-state index >= 15 is 0 Å². The average molecular weight is 589 g/mol. The zero-order valence-corrected chi connectivity index (χ0v) is 22.5. The zero-order chi connectivity index (χ0) is 30.5. The molecule has 1 heterocycles. The summed E-state index contributed by atoms with van der Waals surface area (Å²) in [6, 6.07) is 4.75. The number of hydrogen-bond donors (Lipinski definition) is 0. The number of aromatic nitrogens is 2. The lowest BCUT2D eigenvalue weighted by molar-refractivity contribution is -0.143. The van der Waals surface area contributed by atoms with Crippen molar-refractivity contribution in [1.29, 1.82) is 0 Å². The smallest absolute Gasteiger partial charge is 0.416 e. The van der Waals surface area contributed by atoms with Crippen LogP contribution in [0.3, 0.4) is 0 Å². The van der Waals surface area contributed by atoms with Gasteiger partial charge in [0.05, 0.1) is 23.3 Å². The number of ether oxygens (including phenoxy) is 2. The first-order valence-corrected chi connectivity index (χ1v) is 12.2. The van der Waals surface area contributed by atoms with Gasteiger partial charge in [0.2, 0.25) is 5.88 Å². The predicted octanol–water partition coefficient (Wildman–Crippen LogP) is 6.59. The topological polar surface area (TPSA) is 67.8 Å². The molecule has 0 N–H and O–H groups in total. The summed E-state index contributed by atoms with van der Waals surface area (Å²) >= 11 is 0. The number of hydrogen-bond acceptors (Lipinski definition) is 6. The molecule has 7 nitrogen and oxygen atoms in total. The van der Waals surface area contributed by atoms with Crippen molar-refractivity contribution in [2.45, 2.75) is 32.2 Å². The second-order valence-corrected chi connectivity index (χ2v) is 9.47. The third kappa shape index (κ3) is 8.77. The summed E-state index contributed by atoms with van der Waals surface area (Å²) < 4.78 is 104. The number of carbonyl (C=O) groups excluding carboxylic acids is 1. The van der Waals surface area contributed by atoms with Gasteiger partial charge in [0.25, 0.3) is 0 Å². The fraction of sp³-hybridized carbons (Fsp3) is 0.370. The summed E-state index contributed by atoms with van der Waals surface area (Å²) in [5, 5.41) is 0. The fourth-order valence-corrected chi connectivity index (χ4v) is 3.77. The Kier molecular flexibility index (Phi) is 9.79. The van der Waals surface area contributed by atoms with Gasteiger partial charge in [-0.2, -0.15) is 31.3 Å². The highest BCUT2D eigenvalue weighted by molar-refractivity contribution is 5.76. The number of rotatable bonds is 9. The van der Waals surface area contributed by atoms with Crippen molar-refractivity contribution < 1.29 is 45.0 Å². The normalized spacial score (nSPS) is 12.0. The third-order valence-electron chi connectivity index (χ3n) is 5.75. The molecule has 0 spiro atoms. The van der Waals surface area contributed by atoms with Crippen LogP contribution >= 0.6 is 0 Å². The van der Waals surface area contributed by atoms with E-state index in [-0.39, 0.29) is 30.1 Å². The molecule has 0 radical (unpaired) electrons. The molecule has 1 amide bonds. The minimum absolute atomic E-state index is 0.0000846. The van der Waals surface area contributed by atoms with Gasteiger partial charge in [-0.05, 0) is 74.5 Å². The van der Waals surface area contributed by atoms with Crippen molar-refractivity contribution in [2.75, 3.05) is 34.3 Å². The zero-order valence-electron chi connectivity index (χ0n) is 22.5. The summed E-state index contributed by atoms with van der Waals surface area (Å²) in [7, 11) is 4.90. The van der Waals surface area contributed by atoms with Crippen molar-refractivity contribution in [2.24, 2.45) is 0 Å². The lowest BCUT2D eigenvalue weighted by Crippen LogP contribution is -2.30. The van der Waals surface area contributed by atoms with E-state index in [1.165, 1.54) is 24.4 Å². The minimum atomic E-state index is -5.04. The van der Waals surface area contributed by atoms with Gasteiger partial charge >= 0.3 is 24.5 Å². The molecular weight excluding hydrogens is 561 g/mol. The molecule has 14 heteroatoms. The van der Waals surface area contributed by atoms with Gasteiger partial charge in [-0.1, -0.05) is 6.07 Å². The lowest BCUT2D eigenvalue weighted by atomic mass is 10.0. The highest BCUT2D eigenvalue weighted by Crippen LogP contribution is 2.37. The molecule has 1 aromatic heterocycles. The van der Waals surface area contributed by atoms with E-state index in [1.54, 1.807) is 6.92 Å². The third-order valence-corrected chi connectivity index (χ3v) is 5.75. The SMILES string of the molecule is Cc1cc(F)ccc1-c1cnc(OCCCN(C)C)nc1OC(=O)N(C)Cc1cc(C(F)(F)F)cc(C(F)(F)F)c1. The summed E-state index contributed by atoms with van der Waals surface area (Å²) in [4.78, 5) is 23.9. The first-order chi connectivity index (χ1) is 19.0. The molecule has 0 unspecified atom stereocenters. The molecule has 2 aromatic carbocycles. The van der Waals surface area contributed by atoms with Crippen molar-refractivity contribution in [3.8, 4) is 23.0 Å². The van der Waals surface area contributed by atoms with Crippen LogP contribution in [0.5, 0.6) is 11.9 Å². The van der Waals surface area contributed by atoms with Gasteiger partial charge < -0.3 is 19.3 Å². The first kappa shape index (κ1) is 31.6. The van der Waals surface area contributed by atoms with Crippen LogP contribution in [0.2, 0.25) is 0 Å². The second kappa shape index (κ2) is 12.7. The Hall–Kier alpha value is -3.94. The van der Waals surface area contributed by atoms with E-state index in [1.807, 2.05) is 19.0 Å². The largest absolute Gasteiger partial charge is 0.463 e.